The van der Waals surface area contributed by atoms with Gasteiger partial charge in [0.25, 0.3) is 5.22 Å². The van der Waals surface area contributed by atoms with Crippen LogP contribution in [-0.4, -0.2) is 35.6 Å². The number of carbonyl (C=O) groups is 1. The van der Waals surface area contributed by atoms with Crippen molar-refractivity contribution in [2.75, 3.05) is 14.2 Å². The van der Waals surface area contributed by atoms with E-state index in [1.54, 1.807) is 21.1 Å². The van der Waals surface area contributed by atoms with Crippen LogP contribution in [0.15, 0.2) is 52.1 Å². The van der Waals surface area contributed by atoms with Gasteiger partial charge in [-0.25, -0.2) is 0 Å². The molecule has 1 aromatic heterocycles. The number of carbonyl (C=O) groups excluding carboxylic acids is 1. The lowest BCUT2D eigenvalue weighted by Gasteiger charge is -2.12. The fourth-order valence-corrected chi connectivity index (χ4v) is 3.42. The Morgan fingerprint density at radius 2 is 1.90 bits per heavy atom. The van der Waals surface area contributed by atoms with Gasteiger partial charge >= 0.3 is 0 Å². The van der Waals surface area contributed by atoms with Gasteiger partial charge in [-0.1, -0.05) is 36.0 Å². The summed E-state index contributed by atoms with van der Waals surface area (Å²) < 4.78 is 16.2. The predicted molar refractivity (Wildman–Crippen MR) is 111 cm³/mol. The van der Waals surface area contributed by atoms with Crippen LogP contribution < -0.4 is 14.8 Å². The highest BCUT2D eigenvalue weighted by molar-refractivity contribution is 8.00. The quantitative estimate of drug-likeness (QED) is 0.561. The molecule has 0 radical (unpaired) electrons. The van der Waals surface area contributed by atoms with E-state index in [-0.39, 0.29) is 11.2 Å². The third kappa shape index (κ3) is 5.08. The Morgan fingerprint density at radius 1 is 1.14 bits per heavy atom. The number of nitrogens with zero attached hydrogens (tertiary/aromatic N) is 2. The van der Waals surface area contributed by atoms with Gasteiger partial charge in [-0.15, -0.1) is 10.2 Å². The number of benzene rings is 2. The van der Waals surface area contributed by atoms with Gasteiger partial charge in [0, 0.05) is 12.1 Å². The summed E-state index contributed by atoms with van der Waals surface area (Å²) in [5.41, 5.74) is 2.85. The SMILES string of the molecule is COc1ccc(CNC(=O)[C@H](C)Sc2nnc(-c3ccccc3C)o2)cc1OC. The van der Waals surface area contributed by atoms with E-state index in [1.807, 2.05) is 49.4 Å². The number of ether oxygens (including phenoxy) is 2. The highest BCUT2D eigenvalue weighted by Gasteiger charge is 2.19. The van der Waals surface area contributed by atoms with Crippen molar-refractivity contribution >= 4 is 17.7 Å². The largest absolute Gasteiger partial charge is 0.493 e. The first-order chi connectivity index (χ1) is 14.0. The first-order valence-corrected chi connectivity index (χ1v) is 9.94. The minimum absolute atomic E-state index is 0.125. The number of nitrogens with one attached hydrogen (secondary N) is 1. The van der Waals surface area contributed by atoms with E-state index in [0.29, 0.717) is 29.2 Å². The summed E-state index contributed by atoms with van der Waals surface area (Å²) >= 11 is 1.22. The van der Waals surface area contributed by atoms with Crippen LogP contribution in [-0.2, 0) is 11.3 Å². The molecule has 8 heteroatoms. The second-order valence-electron chi connectivity index (χ2n) is 6.36. The third-order valence-corrected chi connectivity index (χ3v) is 5.28. The van der Waals surface area contributed by atoms with Crippen molar-refractivity contribution in [1.29, 1.82) is 0 Å². The van der Waals surface area contributed by atoms with Gasteiger partial charge in [0.1, 0.15) is 0 Å². The van der Waals surface area contributed by atoms with Crippen molar-refractivity contribution in [3.63, 3.8) is 0 Å². The fourth-order valence-electron chi connectivity index (χ4n) is 2.71. The van der Waals surface area contributed by atoms with Crippen LogP contribution in [0.5, 0.6) is 11.5 Å². The van der Waals surface area contributed by atoms with Gasteiger partial charge in [0.2, 0.25) is 11.8 Å². The molecular weight excluding hydrogens is 390 g/mol. The standard InChI is InChI=1S/C21H23N3O4S/c1-13-7-5-6-8-16(13)20-23-24-21(28-20)29-14(2)19(25)22-12-15-9-10-17(26-3)18(11-15)27-4/h5-11,14H,12H2,1-4H3,(H,22,25)/t14-/m0/s1. The molecule has 0 saturated carbocycles. The van der Waals surface area contributed by atoms with E-state index in [9.17, 15) is 4.79 Å². The van der Waals surface area contributed by atoms with Gasteiger partial charge in [-0.2, -0.15) is 0 Å². The van der Waals surface area contributed by atoms with Crippen molar-refractivity contribution < 1.29 is 18.7 Å². The van der Waals surface area contributed by atoms with Gasteiger partial charge in [0.15, 0.2) is 11.5 Å². The molecule has 0 aliphatic heterocycles. The average molecular weight is 413 g/mol. The fraction of sp³-hybridized carbons (Fsp3) is 0.286. The normalized spacial score (nSPS) is 11.7. The Balaban J connectivity index is 1.58. The first-order valence-electron chi connectivity index (χ1n) is 9.06. The van der Waals surface area contributed by atoms with Crippen molar-refractivity contribution in [2.45, 2.75) is 30.9 Å². The van der Waals surface area contributed by atoms with Crippen LogP contribution in [0.2, 0.25) is 0 Å². The molecule has 152 valence electrons. The van der Waals surface area contributed by atoms with E-state index >= 15 is 0 Å². The van der Waals surface area contributed by atoms with Gasteiger partial charge < -0.3 is 19.2 Å². The molecule has 0 saturated heterocycles. The molecule has 3 rings (SSSR count). The van der Waals surface area contributed by atoms with Crippen LogP contribution in [0.25, 0.3) is 11.5 Å². The Kier molecular flexibility index (Phi) is 6.77. The lowest BCUT2D eigenvalue weighted by Crippen LogP contribution is -2.30. The van der Waals surface area contributed by atoms with E-state index in [0.717, 1.165) is 16.7 Å². The summed E-state index contributed by atoms with van der Waals surface area (Å²) in [5, 5.41) is 11.0. The Morgan fingerprint density at radius 3 is 2.62 bits per heavy atom. The monoisotopic (exact) mass is 413 g/mol. The molecular formula is C21H23N3O4S. The second kappa shape index (κ2) is 9.47. The minimum Gasteiger partial charge on any atom is -0.493 e. The van der Waals surface area contributed by atoms with Crippen LogP contribution >= 0.6 is 11.8 Å². The summed E-state index contributed by atoms with van der Waals surface area (Å²) in [6, 6.07) is 13.3. The average Bonchev–Trinajstić information content (AvgIpc) is 3.20. The van der Waals surface area contributed by atoms with Crippen LogP contribution in [0, 0.1) is 6.92 Å². The summed E-state index contributed by atoms with van der Waals surface area (Å²) in [7, 11) is 3.16. The highest BCUT2D eigenvalue weighted by Crippen LogP contribution is 2.29. The number of rotatable bonds is 8. The maximum atomic E-state index is 12.5. The van der Waals surface area contributed by atoms with E-state index in [2.05, 4.69) is 15.5 Å². The minimum atomic E-state index is -0.389. The molecule has 0 bridgehead atoms. The number of methoxy groups -OCH3 is 2. The van der Waals surface area contributed by atoms with Gasteiger partial charge in [0.05, 0.1) is 19.5 Å². The van der Waals surface area contributed by atoms with E-state index in [4.69, 9.17) is 13.9 Å². The van der Waals surface area contributed by atoms with Crippen LogP contribution in [0.1, 0.15) is 18.1 Å². The molecule has 3 aromatic rings. The van der Waals surface area contributed by atoms with Gasteiger partial charge in [-0.05, 0) is 43.2 Å². The zero-order chi connectivity index (χ0) is 20.8. The van der Waals surface area contributed by atoms with Crippen molar-refractivity contribution in [2.24, 2.45) is 0 Å². The molecule has 0 unspecified atom stereocenters. The molecule has 1 N–H and O–H groups in total. The van der Waals surface area contributed by atoms with Gasteiger partial charge in [-0.3, -0.25) is 4.79 Å². The van der Waals surface area contributed by atoms with E-state index in [1.165, 1.54) is 11.8 Å². The van der Waals surface area contributed by atoms with Crippen LogP contribution in [0.4, 0.5) is 0 Å². The summed E-state index contributed by atoms with van der Waals surface area (Å²) in [4.78, 5) is 12.5. The van der Waals surface area contributed by atoms with E-state index < -0.39 is 0 Å². The molecule has 7 nitrogen and oxygen atoms in total. The Hall–Kier alpha value is -3.00. The maximum Gasteiger partial charge on any atom is 0.277 e. The van der Waals surface area contributed by atoms with Crippen molar-refractivity contribution in [3.05, 3.63) is 53.6 Å². The maximum absolute atomic E-state index is 12.5. The first kappa shape index (κ1) is 20.7. The summed E-state index contributed by atoms with van der Waals surface area (Å²) in [6.45, 7) is 4.16. The number of aryl methyl sites for hydroxylation is 1. The molecule has 0 spiro atoms. The number of hydrogen-bond donors (Lipinski definition) is 1. The number of aromatic nitrogens is 2. The Labute approximate surface area is 173 Å². The summed E-state index contributed by atoms with van der Waals surface area (Å²) in [5.74, 6) is 1.59. The second-order valence-corrected chi connectivity index (χ2v) is 7.65. The molecule has 1 atom stereocenters. The number of hydrogen-bond acceptors (Lipinski definition) is 7. The highest BCUT2D eigenvalue weighted by atomic mass is 32.2. The number of thioether (sulfide) groups is 1. The van der Waals surface area contributed by atoms with Crippen LogP contribution in [0.3, 0.4) is 0 Å². The molecule has 0 fully saturated rings. The molecule has 0 aliphatic carbocycles. The topological polar surface area (TPSA) is 86.5 Å². The predicted octanol–water partition coefficient (Wildman–Crippen LogP) is 3.86. The third-order valence-electron chi connectivity index (χ3n) is 4.34. The zero-order valence-corrected chi connectivity index (χ0v) is 17.6. The van der Waals surface area contributed by atoms with Crippen molar-refractivity contribution in [1.82, 2.24) is 15.5 Å². The molecule has 1 amide bonds. The molecule has 1 heterocycles. The smallest absolute Gasteiger partial charge is 0.277 e. The summed E-state index contributed by atoms with van der Waals surface area (Å²) in [6.07, 6.45) is 0. The number of amides is 1. The molecule has 29 heavy (non-hydrogen) atoms. The zero-order valence-electron chi connectivity index (χ0n) is 16.8. The lowest BCUT2D eigenvalue weighted by molar-refractivity contribution is -0.120. The molecule has 2 aromatic carbocycles. The lowest BCUT2D eigenvalue weighted by atomic mass is 10.1. The Bertz CT molecular complexity index is 990. The van der Waals surface area contributed by atoms with Crippen molar-refractivity contribution in [3.8, 4) is 23.0 Å². The molecule has 0 aliphatic rings.